The van der Waals surface area contributed by atoms with Gasteiger partial charge in [-0.2, -0.15) is 5.10 Å². The number of rotatable bonds is 4. The molecule has 3 heteroatoms. The van der Waals surface area contributed by atoms with Crippen LogP contribution in [0.1, 0.15) is 63.3 Å². The van der Waals surface area contributed by atoms with Gasteiger partial charge < -0.3 is 5.73 Å². The zero-order valence-electron chi connectivity index (χ0n) is 12.6. The maximum Gasteiger partial charge on any atom is 0.0624 e. The number of aryl methyl sites for hydroxylation is 2. The molecule has 1 aliphatic carbocycles. The predicted octanol–water partition coefficient (Wildman–Crippen LogP) is 3.21. The summed E-state index contributed by atoms with van der Waals surface area (Å²) in [6.45, 7) is 2.99. The highest BCUT2D eigenvalue weighted by atomic mass is 15.3. The molecule has 0 bridgehead atoms. The molecule has 1 aromatic heterocycles. The van der Waals surface area contributed by atoms with E-state index in [9.17, 15) is 0 Å². The number of hydrogen-bond donors (Lipinski definition) is 1. The minimum Gasteiger partial charge on any atom is -0.330 e. The predicted molar refractivity (Wildman–Crippen MR) is 80.1 cm³/mol. The van der Waals surface area contributed by atoms with Gasteiger partial charge in [-0.1, -0.05) is 39.0 Å². The van der Waals surface area contributed by atoms with Gasteiger partial charge in [-0.3, -0.25) is 4.68 Å². The van der Waals surface area contributed by atoms with Crippen molar-refractivity contribution in [1.82, 2.24) is 9.78 Å². The van der Waals surface area contributed by atoms with Crippen LogP contribution in [0.4, 0.5) is 0 Å². The number of aromatic nitrogens is 2. The highest BCUT2D eigenvalue weighted by Gasteiger charge is 2.30. The molecular weight excluding hydrogens is 234 g/mol. The molecule has 0 saturated heterocycles. The monoisotopic (exact) mass is 263 g/mol. The molecule has 1 heterocycles. The summed E-state index contributed by atoms with van der Waals surface area (Å²) in [4.78, 5) is 0. The molecule has 1 aromatic rings. The van der Waals surface area contributed by atoms with Crippen molar-refractivity contribution in [1.29, 1.82) is 0 Å². The topological polar surface area (TPSA) is 43.8 Å². The van der Waals surface area contributed by atoms with Crippen LogP contribution in [0.2, 0.25) is 0 Å². The molecular formula is C16H29N3. The normalized spacial score (nSPS) is 19.9. The minimum absolute atomic E-state index is 0.319. The molecule has 0 aromatic carbocycles. The van der Waals surface area contributed by atoms with Crippen LogP contribution >= 0.6 is 0 Å². The van der Waals surface area contributed by atoms with Gasteiger partial charge in [-0.15, -0.1) is 0 Å². The lowest BCUT2D eigenvalue weighted by Gasteiger charge is -2.34. The molecule has 0 spiro atoms. The molecule has 2 N–H and O–H groups in total. The van der Waals surface area contributed by atoms with Crippen molar-refractivity contribution in [3.8, 4) is 0 Å². The molecule has 1 saturated carbocycles. The van der Waals surface area contributed by atoms with Gasteiger partial charge in [0.25, 0.3) is 0 Å². The van der Waals surface area contributed by atoms with E-state index in [1.54, 1.807) is 0 Å². The lowest BCUT2D eigenvalue weighted by molar-refractivity contribution is 0.213. The first-order valence-corrected chi connectivity index (χ1v) is 7.91. The summed E-state index contributed by atoms with van der Waals surface area (Å²) in [7, 11) is 2.07. The summed E-state index contributed by atoms with van der Waals surface area (Å²) < 4.78 is 2.06. The third-order valence-electron chi connectivity index (χ3n) is 4.79. The third kappa shape index (κ3) is 3.59. The molecule has 0 aliphatic heterocycles. The van der Waals surface area contributed by atoms with Crippen LogP contribution in [0.5, 0.6) is 0 Å². The molecule has 0 unspecified atom stereocenters. The van der Waals surface area contributed by atoms with E-state index in [0.29, 0.717) is 5.41 Å². The highest BCUT2D eigenvalue weighted by molar-refractivity contribution is 5.12. The molecule has 108 valence electrons. The fourth-order valence-electron chi connectivity index (χ4n) is 3.40. The first-order valence-electron chi connectivity index (χ1n) is 7.91. The standard InChI is InChI=1S/C16H29N3/c1-3-14-11-15(19(2)18-14)12-16(13-17)9-7-5-4-6-8-10-16/h11H,3-10,12-13,17H2,1-2H3. The Kier molecular flexibility index (Phi) is 5.03. The molecule has 2 rings (SSSR count). The fraction of sp³-hybridized carbons (Fsp3) is 0.812. The number of nitrogens with two attached hydrogens (primary N) is 1. The summed E-state index contributed by atoms with van der Waals surface area (Å²) in [5, 5.41) is 4.58. The Labute approximate surface area is 117 Å². The summed E-state index contributed by atoms with van der Waals surface area (Å²) in [6.07, 6.45) is 11.6. The highest BCUT2D eigenvalue weighted by Crippen LogP contribution is 2.36. The summed E-state index contributed by atoms with van der Waals surface area (Å²) in [6, 6.07) is 2.27. The van der Waals surface area contributed by atoms with Crippen molar-refractivity contribution in [3.05, 3.63) is 17.5 Å². The van der Waals surface area contributed by atoms with Gasteiger partial charge in [-0.25, -0.2) is 0 Å². The van der Waals surface area contributed by atoms with Crippen molar-refractivity contribution in [3.63, 3.8) is 0 Å². The van der Waals surface area contributed by atoms with Crippen LogP contribution in [-0.4, -0.2) is 16.3 Å². The Morgan fingerprint density at radius 3 is 2.37 bits per heavy atom. The first kappa shape index (κ1) is 14.6. The van der Waals surface area contributed by atoms with E-state index in [2.05, 4.69) is 29.8 Å². The van der Waals surface area contributed by atoms with Crippen molar-refractivity contribution < 1.29 is 0 Å². The lowest BCUT2D eigenvalue weighted by atomic mass is 9.73. The third-order valence-corrected chi connectivity index (χ3v) is 4.79. The van der Waals surface area contributed by atoms with Gasteiger partial charge >= 0.3 is 0 Å². The fourth-order valence-corrected chi connectivity index (χ4v) is 3.40. The van der Waals surface area contributed by atoms with Crippen molar-refractivity contribution in [2.24, 2.45) is 18.2 Å². The maximum absolute atomic E-state index is 6.17. The molecule has 1 fully saturated rings. The SMILES string of the molecule is CCc1cc(CC2(CN)CCCCCCC2)n(C)n1. The number of nitrogens with zero attached hydrogens (tertiary/aromatic N) is 2. The van der Waals surface area contributed by atoms with E-state index in [4.69, 9.17) is 5.73 Å². The van der Waals surface area contributed by atoms with Crippen LogP contribution in [0.15, 0.2) is 6.07 Å². The average molecular weight is 263 g/mol. The Hall–Kier alpha value is -0.830. The average Bonchev–Trinajstić information content (AvgIpc) is 2.74. The van der Waals surface area contributed by atoms with Crippen LogP contribution in [0.25, 0.3) is 0 Å². The first-order chi connectivity index (χ1) is 9.19. The van der Waals surface area contributed by atoms with Crippen LogP contribution in [0.3, 0.4) is 0 Å². The quantitative estimate of drug-likeness (QED) is 0.906. The minimum atomic E-state index is 0.319. The largest absolute Gasteiger partial charge is 0.330 e. The van der Waals surface area contributed by atoms with Crippen LogP contribution < -0.4 is 5.73 Å². The van der Waals surface area contributed by atoms with Crippen molar-refractivity contribution in [2.75, 3.05) is 6.54 Å². The van der Waals surface area contributed by atoms with Gasteiger partial charge in [-0.05, 0) is 43.7 Å². The van der Waals surface area contributed by atoms with E-state index in [1.807, 2.05) is 0 Å². The van der Waals surface area contributed by atoms with E-state index in [-0.39, 0.29) is 0 Å². The summed E-state index contributed by atoms with van der Waals surface area (Å²) in [5.74, 6) is 0. The molecule has 0 radical (unpaired) electrons. The van der Waals surface area contributed by atoms with Crippen molar-refractivity contribution in [2.45, 2.75) is 64.7 Å². The van der Waals surface area contributed by atoms with Gasteiger partial charge in [0.2, 0.25) is 0 Å². The molecule has 19 heavy (non-hydrogen) atoms. The second kappa shape index (κ2) is 6.56. The smallest absolute Gasteiger partial charge is 0.0624 e. The molecule has 0 atom stereocenters. The second-order valence-corrected chi connectivity index (χ2v) is 6.25. The van der Waals surface area contributed by atoms with Gasteiger partial charge in [0.15, 0.2) is 0 Å². The van der Waals surface area contributed by atoms with Gasteiger partial charge in [0.05, 0.1) is 5.69 Å². The maximum atomic E-state index is 6.17. The Morgan fingerprint density at radius 2 is 1.84 bits per heavy atom. The van der Waals surface area contributed by atoms with E-state index in [0.717, 1.165) is 19.4 Å². The van der Waals surface area contributed by atoms with E-state index < -0.39 is 0 Å². The molecule has 1 aliphatic rings. The zero-order valence-corrected chi connectivity index (χ0v) is 12.6. The van der Waals surface area contributed by atoms with E-state index in [1.165, 1.54) is 56.3 Å². The summed E-state index contributed by atoms with van der Waals surface area (Å²) >= 11 is 0. The molecule has 3 nitrogen and oxygen atoms in total. The van der Waals surface area contributed by atoms with E-state index >= 15 is 0 Å². The van der Waals surface area contributed by atoms with Crippen molar-refractivity contribution >= 4 is 0 Å². The Morgan fingerprint density at radius 1 is 1.21 bits per heavy atom. The van der Waals surface area contributed by atoms with Crippen LogP contribution in [-0.2, 0) is 19.9 Å². The van der Waals surface area contributed by atoms with Gasteiger partial charge in [0, 0.05) is 12.7 Å². The second-order valence-electron chi connectivity index (χ2n) is 6.25. The Bertz CT molecular complexity index is 387. The van der Waals surface area contributed by atoms with Crippen LogP contribution in [0, 0.1) is 5.41 Å². The molecule has 0 amide bonds. The number of hydrogen-bond acceptors (Lipinski definition) is 2. The zero-order chi connectivity index (χ0) is 13.7. The lowest BCUT2D eigenvalue weighted by Crippen LogP contribution is -2.34. The Balaban J connectivity index is 2.13. The summed E-state index contributed by atoms with van der Waals surface area (Å²) in [5.41, 5.74) is 9.05. The van der Waals surface area contributed by atoms with Gasteiger partial charge in [0.1, 0.15) is 0 Å².